The van der Waals surface area contributed by atoms with E-state index in [1.54, 1.807) is 0 Å². The van der Waals surface area contributed by atoms with Gasteiger partial charge in [0.25, 0.3) is 0 Å². The predicted molar refractivity (Wildman–Crippen MR) is 88.2 cm³/mol. The van der Waals surface area contributed by atoms with E-state index >= 15 is 0 Å². The maximum absolute atomic E-state index is 12.5. The molecule has 1 amide bonds. The van der Waals surface area contributed by atoms with Gasteiger partial charge in [0.1, 0.15) is 0 Å². The first-order chi connectivity index (χ1) is 10.6. The van der Waals surface area contributed by atoms with Crippen LogP contribution in [0, 0.1) is 5.41 Å². The van der Waals surface area contributed by atoms with Gasteiger partial charge in [-0.25, -0.2) is 0 Å². The van der Waals surface area contributed by atoms with E-state index in [2.05, 4.69) is 29.2 Å². The van der Waals surface area contributed by atoms with Gasteiger partial charge in [-0.05, 0) is 37.0 Å². The molecule has 0 radical (unpaired) electrons. The lowest BCUT2D eigenvalue weighted by Crippen LogP contribution is -2.32. The lowest BCUT2D eigenvalue weighted by molar-refractivity contribution is -0.130. The number of rotatable bonds is 4. The van der Waals surface area contributed by atoms with Gasteiger partial charge in [0.05, 0.1) is 6.61 Å². The van der Waals surface area contributed by atoms with Crippen LogP contribution in [0.3, 0.4) is 0 Å². The molecule has 4 nitrogen and oxygen atoms in total. The fraction of sp³-hybridized carbons (Fsp3) is 0.611. The first-order valence-corrected chi connectivity index (χ1v) is 8.20. The van der Waals surface area contributed by atoms with Crippen molar-refractivity contribution in [1.29, 1.82) is 0 Å². The number of ether oxygens (including phenoxy) is 1. The molecule has 0 unspecified atom stereocenters. The summed E-state index contributed by atoms with van der Waals surface area (Å²) < 4.78 is 5.53. The second-order valence-electron chi connectivity index (χ2n) is 6.93. The number of carbonyl (C=O) groups is 1. The van der Waals surface area contributed by atoms with Crippen LogP contribution in [0.4, 0.5) is 5.69 Å². The Kier molecular flexibility index (Phi) is 4.39. The highest BCUT2D eigenvalue weighted by Crippen LogP contribution is 2.38. The Morgan fingerprint density at radius 2 is 2.23 bits per heavy atom. The molecule has 0 aromatic heterocycles. The first-order valence-electron chi connectivity index (χ1n) is 8.20. The molecule has 1 spiro atoms. The third-order valence-electron chi connectivity index (χ3n) is 5.03. The Morgan fingerprint density at radius 1 is 1.36 bits per heavy atom. The number of amides is 1. The smallest absolute Gasteiger partial charge is 0.222 e. The van der Waals surface area contributed by atoms with Crippen LogP contribution >= 0.6 is 0 Å². The minimum atomic E-state index is 0.264. The lowest BCUT2D eigenvalue weighted by atomic mass is 9.87. The van der Waals surface area contributed by atoms with Crippen molar-refractivity contribution in [3.8, 4) is 0 Å². The molecular weight excluding hydrogens is 276 g/mol. The number of hydrogen-bond donors (Lipinski definition) is 0. The van der Waals surface area contributed by atoms with E-state index in [0.29, 0.717) is 12.3 Å². The molecule has 2 aliphatic rings. The second kappa shape index (κ2) is 6.29. The number of aryl methyl sites for hydroxylation is 1. The molecular formula is C18H26N2O2. The highest BCUT2D eigenvalue weighted by Gasteiger charge is 2.42. The Labute approximate surface area is 133 Å². The topological polar surface area (TPSA) is 32.8 Å². The van der Waals surface area contributed by atoms with Crippen molar-refractivity contribution in [3.05, 3.63) is 29.8 Å². The maximum Gasteiger partial charge on any atom is 0.222 e. The molecule has 1 atom stereocenters. The third kappa shape index (κ3) is 3.27. The summed E-state index contributed by atoms with van der Waals surface area (Å²) in [5.74, 6) is 0.291. The van der Waals surface area contributed by atoms with E-state index in [1.165, 1.54) is 11.3 Å². The normalized spacial score (nSPS) is 24.2. The van der Waals surface area contributed by atoms with Gasteiger partial charge in [0.15, 0.2) is 0 Å². The number of nitrogens with zero attached hydrogens (tertiary/aromatic N) is 2. The van der Waals surface area contributed by atoms with Gasteiger partial charge in [0, 0.05) is 51.3 Å². The van der Waals surface area contributed by atoms with Gasteiger partial charge in [-0.3, -0.25) is 4.79 Å². The van der Waals surface area contributed by atoms with Gasteiger partial charge in [0.2, 0.25) is 5.91 Å². The summed E-state index contributed by atoms with van der Waals surface area (Å²) in [5.41, 5.74) is 2.69. The van der Waals surface area contributed by atoms with Crippen LogP contribution in [0.2, 0.25) is 0 Å². The van der Waals surface area contributed by atoms with Gasteiger partial charge in [-0.2, -0.15) is 0 Å². The summed E-state index contributed by atoms with van der Waals surface area (Å²) in [6, 6.07) is 8.44. The minimum absolute atomic E-state index is 0.264. The van der Waals surface area contributed by atoms with E-state index in [-0.39, 0.29) is 5.41 Å². The zero-order valence-corrected chi connectivity index (χ0v) is 13.7. The third-order valence-corrected chi connectivity index (χ3v) is 5.03. The summed E-state index contributed by atoms with van der Waals surface area (Å²) in [7, 11) is 4.08. The van der Waals surface area contributed by atoms with Crippen molar-refractivity contribution in [2.75, 3.05) is 45.3 Å². The Hall–Kier alpha value is -1.55. The zero-order valence-electron chi connectivity index (χ0n) is 13.7. The highest BCUT2D eigenvalue weighted by atomic mass is 16.5. The van der Waals surface area contributed by atoms with Crippen LogP contribution in [-0.2, 0) is 16.0 Å². The van der Waals surface area contributed by atoms with Crippen molar-refractivity contribution in [3.63, 3.8) is 0 Å². The summed E-state index contributed by atoms with van der Waals surface area (Å²) >= 11 is 0. The summed E-state index contributed by atoms with van der Waals surface area (Å²) in [6.07, 6.45) is 3.64. The van der Waals surface area contributed by atoms with E-state index in [9.17, 15) is 4.79 Å². The van der Waals surface area contributed by atoms with Crippen molar-refractivity contribution in [1.82, 2.24) is 4.90 Å². The van der Waals surface area contributed by atoms with Crippen molar-refractivity contribution < 1.29 is 9.53 Å². The molecule has 0 N–H and O–H groups in total. The van der Waals surface area contributed by atoms with E-state index in [1.807, 2.05) is 19.0 Å². The fourth-order valence-electron chi connectivity index (χ4n) is 3.52. The van der Waals surface area contributed by atoms with E-state index < -0.39 is 0 Å². The summed E-state index contributed by atoms with van der Waals surface area (Å²) in [5, 5.41) is 0. The molecule has 2 heterocycles. The van der Waals surface area contributed by atoms with Crippen LogP contribution in [0.1, 0.15) is 24.8 Å². The molecule has 3 rings (SSSR count). The van der Waals surface area contributed by atoms with Gasteiger partial charge < -0.3 is 14.5 Å². The van der Waals surface area contributed by atoms with Gasteiger partial charge in [-0.1, -0.05) is 12.1 Å². The predicted octanol–water partition coefficient (Wildman–Crippen LogP) is 2.32. The second-order valence-corrected chi connectivity index (χ2v) is 6.93. The molecule has 2 saturated heterocycles. The van der Waals surface area contributed by atoms with Gasteiger partial charge >= 0.3 is 0 Å². The highest BCUT2D eigenvalue weighted by molar-refractivity contribution is 5.77. The van der Waals surface area contributed by atoms with Gasteiger partial charge in [-0.15, -0.1) is 0 Å². The van der Waals surface area contributed by atoms with Crippen LogP contribution in [0.25, 0.3) is 0 Å². The molecule has 2 fully saturated rings. The molecule has 4 heteroatoms. The number of anilines is 1. The summed E-state index contributed by atoms with van der Waals surface area (Å²) in [6.45, 7) is 3.49. The zero-order chi connectivity index (χ0) is 15.6. The van der Waals surface area contributed by atoms with Crippen LogP contribution < -0.4 is 4.90 Å². The van der Waals surface area contributed by atoms with Crippen LogP contribution in [0.5, 0.6) is 0 Å². The monoisotopic (exact) mass is 302 g/mol. The van der Waals surface area contributed by atoms with E-state index in [4.69, 9.17) is 4.74 Å². The molecule has 1 aromatic rings. The number of carbonyl (C=O) groups excluding carboxylic acids is 1. The molecule has 0 saturated carbocycles. The van der Waals surface area contributed by atoms with E-state index in [0.717, 1.165) is 45.6 Å². The molecule has 2 aliphatic heterocycles. The average Bonchev–Trinajstić information content (AvgIpc) is 3.16. The van der Waals surface area contributed by atoms with Crippen LogP contribution in [0.15, 0.2) is 24.3 Å². The number of benzene rings is 1. The fourth-order valence-corrected chi connectivity index (χ4v) is 3.52. The maximum atomic E-state index is 12.5. The molecule has 0 bridgehead atoms. The first kappa shape index (κ1) is 15.3. The largest absolute Gasteiger partial charge is 0.381 e. The summed E-state index contributed by atoms with van der Waals surface area (Å²) in [4.78, 5) is 16.6. The average molecular weight is 302 g/mol. The molecule has 0 aliphatic carbocycles. The lowest BCUT2D eigenvalue weighted by Gasteiger charge is -2.22. The SMILES string of the molecule is CN(C)c1cccc(CCC(=O)N2CC[C@@]3(CCOC3)C2)c1. The Balaban J connectivity index is 1.53. The molecule has 1 aromatic carbocycles. The quantitative estimate of drug-likeness (QED) is 0.856. The van der Waals surface area contributed by atoms with Crippen molar-refractivity contribution in [2.24, 2.45) is 5.41 Å². The van der Waals surface area contributed by atoms with Crippen molar-refractivity contribution >= 4 is 11.6 Å². The standard InChI is InChI=1S/C18H26N2O2/c1-19(2)16-5-3-4-15(12-16)6-7-17(21)20-10-8-18(13-20)9-11-22-14-18/h3-5,12H,6-11,13-14H2,1-2H3/t18-/m1/s1. The number of likely N-dealkylation sites (tertiary alicyclic amines) is 1. The molecule has 22 heavy (non-hydrogen) atoms. The number of hydrogen-bond acceptors (Lipinski definition) is 3. The minimum Gasteiger partial charge on any atom is -0.381 e. The van der Waals surface area contributed by atoms with Crippen molar-refractivity contribution in [2.45, 2.75) is 25.7 Å². The molecule has 120 valence electrons. The Morgan fingerprint density at radius 3 is 2.95 bits per heavy atom. The van der Waals surface area contributed by atoms with Crippen LogP contribution in [-0.4, -0.2) is 51.2 Å². The Bertz CT molecular complexity index is 536.